The number of rotatable bonds is 5. The van der Waals surface area contributed by atoms with Crippen molar-refractivity contribution in [2.45, 2.75) is 26.7 Å². The molecule has 232 valence electrons. The van der Waals surface area contributed by atoms with Crippen molar-refractivity contribution in [2.75, 3.05) is 0 Å². The third-order valence-corrected chi connectivity index (χ3v) is 6.76. The van der Waals surface area contributed by atoms with Gasteiger partial charge in [0.1, 0.15) is 5.69 Å². The summed E-state index contributed by atoms with van der Waals surface area (Å²) in [6.45, 7) is 5.84. The fraction of sp³-hybridized carbons (Fsp3) is 0.118. The minimum absolute atomic E-state index is 0.333. The fourth-order valence-electron chi connectivity index (χ4n) is 4.26. The second kappa shape index (κ2) is 15.7. The molecule has 45 heavy (non-hydrogen) atoms. The summed E-state index contributed by atoms with van der Waals surface area (Å²) in [4.78, 5) is 4.51. The largest absolute Gasteiger partial charge is 0.616 e. The summed E-state index contributed by atoms with van der Waals surface area (Å²) >= 11 is 19.8. The molecule has 0 spiro atoms. The minimum atomic E-state index is -3.22. The highest BCUT2D eigenvalue weighted by molar-refractivity contribution is 8.24. The molecule has 0 N–H and O–H groups in total. The van der Waals surface area contributed by atoms with Crippen LogP contribution < -0.4 is 4.73 Å². The lowest BCUT2D eigenvalue weighted by Crippen LogP contribution is -2.29. The number of nitrogens with zero attached hydrogens (tertiary/aromatic N) is 2. The van der Waals surface area contributed by atoms with E-state index in [4.69, 9.17) is 20.4 Å². The summed E-state index contributed by atoms with van der Waals surface area (Å²) in [6, 6.07) is 35.4. The quantitative estimate of drug-likeness (QED) is 0.0773. The van der Waals surface area contributed by atoms with Gasteiger partial charge in [0.25, 0.3) is 0 Å². The summed E-state index contributed by atoms with van der Waals surface area (Å²) in [7, 11) is 0. The molecule has 0 radical (unpaired) electrons. The summed E-state index contributed by atoms with van der Waals surface area (Å²) in [5, 5.41) is 9.05. The van der Waals surface area contributed by atoms with Crippen molar-refractivity contribution in [1.29, 1.82) is 0 Å². The van der Waals surface area contributed by atoms with Crippen molar-refractivity contribution >= 4 is 50.5 Å². The molecule has 2 heterocycles. The molecule has 6 aromatic rings. The van der Waals surface area contributed by atoms with Crippen molar-refractivity contribution in [3.8, 4) is 45.6 Å². The molecule has 0 aliphatic heterocycles. The Bertz CT molecular complexity index is 1860. The third-order valence-electron chi connectivity index (χ3n) is 6.51. The first-order chi connectivity index (χ1) is 21.4. The Morgan fingerprint density at radius 2 is 1.11 bits per heavy atom. The van der Waals surface area contributed by atoms with Gasteiger partial charge < -0.3 is 14.0 Å². The third kappa shape index (κ3) is 9.74. The van der Waals surface area contributed by atoms with Gasteiger partial charge in [-0.1, -0.05) is 96.1 Å². The first-order valence-corrected chi connectivity index (χ1v) is 18.6. The van der Waals surface area contributed by atoms with Crippen LogP contribution in [0.1, 0.15) is 22.5 Å². The van der Waals surface area contributed by atoms with Gasteiger partial charge in [0, 0.05) is 23.6 Å². The molecule has 0 aliphatic rings. The number of halogens is 4. The van der Waals surface area contributed by atoms with Crippen LogP contribution in [0.2, 0.25) is 0 Å². The first kappa shape index (κ1) is 34.4. The van der Waals surface area contributed by atoms with Gasteiger partial charge in [-0.25, -0.2) is 4.98 Å². The number of benzene rings is 4. The minimum Gasteiger partial charge on any atom is -0.616 e. The molecule has 0 aliphatic carbocycles. The van der Waals surface area contributed by atoms with Crippen LogP contribution in [-0.2, 0) is 10.4 Å². The highest BCUT2D eigenvalue weighted by Gasteiger charge is 2.23. The van der Waals surface area contributed by atoms with E-state index in [9.17, 15) is 9.77 Å². The lowest BCUT2D eigenvalue weighted by Gasteiger charge is -1.98. The van der Waals surface area contributed by atoms with E-state index < -0.39 is 5.20 Å². The molecule has 6 rings (SSSR count). The van der Waals surface area contributed by atoms with E-state index in [0.717, 1.165) is 44.0 Å². The molecule has 0 atom stereocenters. The van der Waals surface area contributed by atoms with E-state index >= 15 is 0 Å². The van der Waals surface area contributed by atoms with Crippen molar-refractivity contribution in [3.63, 3.8) is 0 Å². The first-order valence-electron chi connectivity index (χ1n) is 13.7. The number of aromatic nitrogens is 2. The highest BCUT2D eigenvalue weighted by atomic mass is 36.0. The van der Waals surface area contributed by atoms with Gasteiger partial charge in [-0.05, 0) is 71.8 Å². The van der Waals surface area contributed by atoms with E-state index in [1.165, 1.54) is 5.56 Å². The molecule has 11 heteroatoms. The molecule has 0 saturated carbocycles. The topological polar surface area (TPSA) is 83.2 Å². The maximum atomic E-state index is 12.3. The van der Waals surface area contributed by atoms with E-state index in [1.807, 2.05) is 116 Å². The highest BCUT2D eigenvalue weighted by Crippen LogP contribution is 2.61. The molecule has 6 nitrogen and oxygen atoms in total. The van der Waals surface area contributed by atoms with Crippen LogP contribution in [0.4, 0.5) is 0 Å². The van der Waals surface area contributed by atoms with Crippen LogP contribution in [-0.4, -0.2) is 4.98 Å². The van der Waals surface area contributed by atoms with Gasteiger partial charge >= 0.3 is 11.1 Å². The monoisotopic (exact) mass is 700 g/mol. The summed E-state index contributed by atoms with van der Waals surface area (Å²) < 4.78 is 22.1. The van der Waals surface area contributed by atoms with Crippen LogP contribution in [0.5, 0.6) is 0 Å². The number of oxazole rings is 2. The Morgan fingerprint density at radius 3 is 1.58 bits per heavy atom. The SMILES string of the molecule is Cc1ccc(-c2nc(CCl)c(-c3ccccc3)o2)cc1.Cc1ccc(-c2oc(-c3ccccc3)c(C)[n+]2[O-])cc1.O=P(Cl)(Cl)Cl. The smallest absolute Gasteiger partial charge is 0.392 e. The van der Waals surface area contributed by atoms with E-state index in [-0.39, 0.29) is 0 Å². The Labute approximate surface area is 281 Å². The van der Waals surface area contributed by atoms with Crippen LogP contribution in [0, 0.1) is 26.0 Å². The van der Waals surface area contributed by atoms with Crippen LogP contribution >= 0.6 is 50.5 Å². The standard InChI is InChI=1S/C17H14ClNO.C17H15NO2.Cl3OP/c1-12-7-9-14(10-8-12)17-19-15(11-18)16(20-17)13-5-3-2-4-6-13;1-12-8-10-15(11-9-12)17-18(19)13(2)16(20-17)14-6-4-3-5-7-14;1-5(2,3)4/h2-10H,11H2,1H3;3-11H,1-2H3;. The molecular weight excluding hydrogens is 673 g/mol. The lowest BCUT2D eigenvalue weighted by atomic mass is 10.1. The van der Waals surface area contributed by atoms with Crippen LogP contribution in [0.3, 0.4) is 0 Å². The predicted octanol–water partition coefficient (Wildman–Crippen LogP) is 11.7. The molecule has 0 amide bonds. The average molecular weight is 702 g/mol. The Morgan fingerprint density at radius 1 is 0.667 bits per heavy atom. The number of alkyl halides is 1. The second-order valence-corrected chi connectivity index (χ2v) is 16.8. The van der Waals surface area contributed by atoms with E-state index in [2.05, 4.69) is 45.6 Å². The van der Waals surface area contributed by atoms with Crippen molar-refractivity contribution in [3.05, 3.63) is 137 Å². The zero-order valence-electron chi connectivity index (χ0n) is 24.6. The maximum Gasteiger partial charge on any atom is 0.392 e. The lowest BCUT2D eigenvalue weighted by molar-refractivity contribution is -0.602. The van der Waals surface area contributed by atoms with Crippen LogP contribution in [0.15, 0.2) is 118 Å². The molecule has 0 bridgehead atoms. The van der Waals surface area contributed by atoms with Gasteiger partial charge in [-0.15, -0.1) is 16.3 Å². The van der Waals surface area contributed by atoms with Crippen molar-refractivity contribution in [2.24, 2.45) is 0 Å². The second-order valence-electron chi connectivity index (χ2n) is 9.91. The molecule has 4 aromatic carbocycles. The zero-order chi connectivity index (χ0) is 32.6. The number of aryl methyl sites for hydroxylation is 2. The molecule has 0 unspecified atom stereocenters. The van der Waals surface area contributed by atoms with E-state index in [0.29, 0.717) is 29.1 Å². The Kier molecular flexibility index (Phi) is 12.0. The normalized spacial score (nSPS) is 10.8. The summed E-state index contributed by atoms with van der Waals surface area (Å²) in [5.41, 5.74) is 7.36. The van der Waals surface area contributed by atoms with Gasteiger partial charge in [-0.2, -0.15) is 0 Å². The Hall–Kier alpha value is -3.51. The maximum absolute atomic E-state index is 12.3. The summed E-state index contributed by atoms with van der Waals surface area (Å²) in [6.07, 6.45) is 0. The number of hydrogen-bond donors (Lipinski definition) is 0. The molecular formula is C34H29Cl4N2O4P. The van der Waals surface area contributed by atoms with Gasteiger partial charge in [0.05, 0.1) is 11.4 Å². The number of hydrogen-bond acceptors (Lipinski definition) is 5. The fourth-order valence-corrected chi connectivity index (χ4v) is 4.44. The van der Waals surface area contributed by atoms with E-state index in [1.54, 1.807) is 6.92 Å². The zero-order valence-corrected chi connectivity index (χ0v) is 28.5. The molecule has 0 fully saturated rings. The Balaban J connectivity index is 0.000000179. The van der Waals surface area contributed by atoms with Crippen molar-refractivity contribution in [1.82, 2.24) is 4.98 Å². The van der Waals surface area contributed by atoms with Gasteiger partial charge in [0.15, 0.2) is 5.76 Å². The van der Waals surface area contributed by atoms with Gasteiger partial charge in [-0.3, -0.25) is 4.57 Å². The molecule has 0 saturated heterocycles. The molecule has 2 aromatic heterocycles. The van der Waals surface area contributed by atoms with Crippen LogP contribution in [0.25, 0.3) is 45.6 Å². The average Bonchev–Trinajstić information content (AvgIpc) is 3.59. The predicted molar refractivity (Wildman–Crippen MR) is 185 cm³/mol. The van der Waals surface area contributed by atoms with Gasteiger partial charge in [0.2, 0.25) is 17.3 Å². The summed E-state index contributed by atoms with van der Waals surface area (Å²) in [5.74, 6) is 2.65. The van der Waals surface area contributed by atoms with Crippen molar-refractivity contribution < 1.29 is 18.1 Å².